The van der Waals surface area contributed by atoms with Crippen molar-refractivity contribution in [2.24, 2.45) is 5.92 Å². The summed E-state index contributed by atoms with van der Waals surface area (Å²) >= 11 is 0. The minimum Gasteiger partial charge on any atom is -0.398 e. The van der Waals surface area contributed by atoms with E-state index >= 15 is 0 Å². The summed E-state index contributed by atoms with van der Waals surface area (Å²) in [7, 11) is -3.50. The zero-order chi connectivity index (χ0) is 16.2. The summed E-state index contributed by atoms with van der Waals surface area (Å²) in [5.41, 5.74) is 8.74. The number of nitrogen functional groups attached to an aromatic ring is 1. The number of nitrogens with two attached hydrogens (primary N) is 1. The lowest BCUT2D eigenvalue weighted by Crippen LogP contribution is -2.27. The van der Waals surface area contributed by atoms with E-state index in [1.165, 1.54) is 0 Å². The van der Waals surface area contributed by atoms with Crippen LogP contribution >= 0.6 is 0 Å². The molecular formula is C16H28N2O2S. The smallest absolute Gasteiger partial charge is 0.241 e. The van der Waals surface area contributed by atoms with Gasteiger partial charge in [0.1, 0.15) is 0 Å². The van der Waals surface area contributed by atoms with E-state index in [-0.39, 0.29) is 0 Å². The molecule has 0 spiro atoms. The molecule has 1 aromatic carbocycles. The van der Waals surface area contributed by atoms with Gasteiger partial charge in [-0.05, 0) is 55.9 Å². The fourth-order valence-electron chi connectivity index (χ4n) is 2.40. The van der Waals surface area contributed by atoms with Crippen LogP contribution in [-0.2, 0) is 10.0 Å². The summed E-state index contributed by atoms with van der Waals surface area (Å²) in [6.45, 7) is 10.3. The Balaban J connectivity index is 2.84. The molecule has 4 nitrogen and oxygen atoms in total. The second-order valence-corrected chi connectivity index (χ2v) is 7.85. The van der Waals surface area contributed by atoms with Gasteiger partial charge < -0.3 is 5.73 Å². The highest BCUT2D eigenvalue weighted by atomic mass is 32.2. The van der Waals surface area contributed by atoms with E-state index in [1.807, 2.05) is 19.9 Å². The quantitative estimate of drug-likeness (QED) is 0.599. The molecular weight excluding hydrogens is 284 g/mol. The van der Waals surface area contributed by atoms with Gasteiger partial charge in [0.05, 0.1) is 4.90 Å². The second-order valence-electron chi connectivity index (χ2n) is 6.15. The van der Waals surface area contributed by atoms with Crippen molar-refractivity contribution in [1.82, 2.24) is 4.72 Å². The number of sulfonamides is 1. The van der Waals surface area contributed by atoms with E-state index in [0.717, 1.165) is 30.4 Å². The monoisotopic (exact) mass is 312 g/mol. The van der Waals surface area contributed by atoms with Crippen molar-refractivity contribution in [2.75, 3.05) is 12.3 Å². The van der Waals surface area contributed by atoms with Crippen LogP contribution < -0.4 is 10.5 Å². The summed E-state index contributed by atoms with van der Waals surface area (Å²) < 4.78 is 27.7. The molecule has 3 N–H and O–H groups in total. The predicted octanol–water partition coefficient (Wildman–Crippen LogP) is 3.30. The fourth-order valence-corrected chi connectivity index (χ4v) is 4.04. The molecule has 0 fully saturated rings. The highest BCUT2D eigenvalue weighted by Crippen LogP contribution is 2.27. The van der Waals surface area contributed by atoms with E-state index in [9.17, 15) is 8.42 Å². The third-order valence-corrected chi connectivity index (χ3v) is 5.58. The van der Waals surface area contributed by atoms with E-state index in [2.05, 4.69) is 18.6 Å². The molecule has 0 aliphatic heterocycles. The Kier molecular flexibility index (Phi) is 6.23. The number of rotatable bonds is 7. The van der Waals surface area contributed by atoms with Crippen LogP contribution in [0.1, 0.15) is 49.8 Å². The first-order valence-corrected chi connectivity index (χ1v) is 9.01. The van der Waals surface area contributed by atoms with Gasteiger partial charge in [0, 0.05) is 12.2 Å². The van der Waals surface area contributed by atoms with Crippen LogP contribution in [0, 0.1) is 26.7 Å². The zero-order valence-electron chi connectivity index (χ0n) is 13.8. The molecule has 0 saturated heterocycles. The lowest BCUT2D eigenvalue weighted by molar-refractivity contribution is 0.530. The Morgan fingerprint density at radius 3 is 2.33 bits per heavy atom. The predicted molar refractivity (Wildman–Crippen MR) is 88.9 cm³/mol. The van der Waals surface area contributed by atoms with Crippen LogP contribution in [0.2, 0.25) is 0 Å². The third-order valence-electron chi connectivity index (χ3n) is 3.85. The molecule has 21 heavy (non-hydrogen) atoms. The molecule has 0 heterocycles. The van der Waals surface area contributed by atoms with E-state index < -0.39 is 10.0 Å². The van der Waals surface area contributed by atoms with E-state index in [1.54, 1.807) is 6.92 Å². The lowest BCUT2D eigenvalue weighted by atomic mass is 10.1. The van der Waals surface area contributed by atoms with Crippen molar-refractivity contribution in [3.63, 3.8) is 0 Å². The SMILES string of the molecule is Cc1cc(N)c(C)c(S(=O)(=O)NCCCCC(C)C)c1C. The maximum Gasteiger partial charge on any atom is 0.241 e. The first kappa shape index (κ1) is 18.0. The molecule has 0 aromatic heterocycles. The summed E-state index contributed by atoms with van der Waals surface area (Å²) in [5.74, 6) is 0.655. The Morgan fingerprint density at radius 2 is 1.76 bits per heavy atom. The molecule has 0 bridgehead atoms. The van der Waals surface area contributed by atoms with Crippen LogP contribution in [0.4, 0.5) is 5.69 Å². The van der Waals surface area contributed by atoms with Crippen molar-refractivity contribution in [1.29, 1.82) is 0 Å². The molecule has 120 valence electrons. The van der Waals surface area contributed by atoms with Crippen LogP contribution in [0.15, 0.2) is 11.0 Å². The minimum absolute atomic E-state index is 0.337. The molecule has 1 rings (SSSR count). The van der Waals surface area contributed by atoms with Crippen LogP contribution in [0.3, 0.4) is 0 Å². The molecule has 0 unspecified atom stereocenters. The number of nitrogens with one attached hydrogen (secondary N) is 1. The Hall–Kier alpha value is -1.07. The summed E-state index contributed by atoms with van der Waals surface area (Å²) in [6.07, 6.45) is 3.02. The summed E-state index contributed by atoms with van der Waals surface area (Å²) in [5, 5.41) is 0. The average Bonchev–Trinajstić information content (AvgIpc) is 2.35. The summed E-state index contributed by atoms with van der Waals surface area (Å²) in [4.78, 5) is 0.337. The maximum atomic E-state index is 12.5. The minimum atomic E-state index is -3.50. The molecule has 0 aliphatic rings. The Morgan fingerprint density at radius 1 is 1.14 bits per heavy atom. The third kappa shape index (κ3) is 4.71. The number of benzene rings is 1. The van der Waals surface area contributed by atoms with Gasteiger partial charge in [-0.25, -0.2) is 13.1 Å². The van der Waals surface area contributed by atoms with Gasteiger partial charge in [-0.2, -0.15) is 0 Å². The molecule has 0 saturated carbocycles. The van der Waals surface area contributed by atoms with Crippen molar-refractivity contribution in [3.8, 4) is 0 Å². The number of hydrogen-bond donors (Lipinski definition) is 2. The zero-order valence-corrected chi connectivity index (χ0v) is 14.6. The van der Waals surface area contributed by atoms with Crippen molar-refractivity contribution in [3.05, 3.63) is 22.8 Å². The van der Waals surface area contributed by atoms with Crippen LogP contribution in [0.25, 0.3) is 0 Å². The Bertz CT molecular complexity index is 567. The van der Waals surface area contributed by atoms with Crippen LogP contribution in [-0.4, -0.2) is 15.0 Å². The standard InChI is InChI=1S/C16H28N2O2S/c1-11(2)8-6-7-9-18-21(19,20)16-13(4)12(3)10-15(17)14(16)5/h10-11,18H,6-9,17H2,1-5H3. The summed E-state index contributed by atoms with van der Waals surface area (Å²) in [6, 6.07) is 1.83. The number of hydrogen-bond acceptors (Lipinski definition) is 3. The highest BCUT2D eigenvalue weighted by molar-refractivity contribution is 7.89. The van der Waals surface area contributed by atoms with Crippen molar-refractivity contribution >= 4 is 15.7 Å². The van der Waals surface area contributed by atoms with Gasteiger partial charge in [0.2, 0.25) is 10.0 Å². The fraction of sp³-hybridized carbons (Fsp3) is 0.625. The van der Waals surface area contributed by atoms with Crippen molar-refractivity contribution < 1.29 is 8.42 Å². The van der Waals surface area contributed by atoms with Crippen molar-refractivity contribution in [2.45, 2.75) is 58.8 Å². The number of unbranched alkanes of at least 4 members (excludes halogenated alkanes) is 1. The largest absolute Gasteiger partial charge is 0.398 e. The number of anilines is 1. The van der Waals surface area contributed by atoms with E-state index in [4.69, 9.17) is 5.73 Å². The van der Waals surface area contributed by atoms with Gasteiger partial charge in [-0.1, -0.05) is 26.7 Å². The first-order valence-electron chi connectivity index (χ1n) is 7.52. The lowest BCUT2D eigenvalue weighted by Gasteiger charge is -2.16. The average molecular weight is 312 g/mol. The topological polar surface area (TPSA) is 72.2 Å². The molecule has 1 aromatic rings. The second kappa shape index (κ2) is 7.27. The highest BCUT2D eigenvalue weighted by Gasteiger charge is 2.21. The Labute approximate surface area is 129 Å². The molecule has 0 radical (unpaired) electrons. The molecule has 0 aliphatic carbocycles. The number of aryl methyl sites for hydroxylation is 1. The first-order chi connectivity index (χ1) is 9.66. The maximum absolute atomic E-state index is 12.5. The van der Waals surface area contributed by atoms with E-state index in [0.29, 0.717) is 28.6 Å². The van der Waals surface area contributed by atoms with Gasteiger partial charge >= 0.3 is 0 Å². The molecule has 5 heteroatoms. The van der Waals surface area contributed by atoms with Crippen LogP contribution in [0.5, 0.6) is 0 Å². The molecule has 0 amide bonds. The normalized spacial score (nSPS) is 12.1. The van der Waals surface area contributed by atoms with Gasteiger partial charge in [-0.3, -0.25) is 0 Å². The van der Waals surface area contributed by atoms with Gasteiger partial charge in [0.15, 0.2) is 0 Å². The van der Waals surface area contributed by atoms with Gasteiger partial charge in [0.25, 0.3) is 0 Å². The van der Waals surface area contributed by atoms with Gasteiger partial charge in [-0.15, -0.1) is 0 Å². The molecule has 0 atom stereocenters.